The smallest absolute Gasteiger partial charge is 0.305 e. The first kappa shape index (κ1) is 14.3. The van der Waals surface area contributed by atoms with E-state index in [1.807, 2.05) is 23.6 Å². The molecule has 1 atom stereocenters. The van der Waals surface area contributed by atoms with Crippen molar-refractivity contribution < 1.29 is 14.7 Å². The molecular weight excluding hydrogens is 354 g/mol. The number of thiophene rings is 1. The number of carboxylic acids is 1. The highest BCUT2D eigenvalue weighted by Crippen LogP contribution is 2.38. The molecule has 1 aliphatic heterocycles. The molecule has 0 radical (unpaired) electrons. The van der Waals surface area contributed by atoms with Gasteiger partial charge in [0.1, 0.15) is 0 Å². The zero-order chi connectivity index (χ0) is 15.0. The molecular formula is C15H12BrNO3S. The number of fused-ring (bicyclic) bond motifs is 1. The predicted octanol–water partition coefficient (Wildman–Crippen LogP) is 3.68. The summed E-state index contributed by atoms with van der Waals surface area (Å²) in [5, 5.41) is 11.1. The minimum absolute atomic E-state index is 0.0789. The number of hydrogen-bond acceptors (Lipinski definition) is 3. The zero-order valence-corrected chi connectivity index (χ0v) is 13.4. The van der Waals surface area contributed by atoms with E-state index in [1.54, 1.807) is 28.4 Å². The lowest BCUT2D eigenvalue weighted by Gasteiger charge is -2.24. The summed E-state index contributed by atoms with van der Waals surface area (Å²) in [7, 11) is 0. The Morgan fingerprint density at radius 3 is 2.76 bits per heavy atom. The summed E-state index contributed by atoms with van der Waals surface area (Å²) < 4.78 is 0.973. The molecule has 108 valence electrons. The molecule has 0 saturated carbocycles. The maximum atomic E-state index is 12.5. The highest BCUT2D eigenvalue weighted by Gasteiger charge is 2.37. The molecule has 0 saturated heterocycles. The molecule has 2 heterocycles. The fourth-order valence-electron chi connectivity index (χ4n) is 2.63. The van der Waals surface area contributed by atoms with E-state index in [0.717, 1.165) is 14.9 Å². The van der Waals surface area contributed by atoms with Crippen LogP contribution >= 0.6 is 27.3 Å². The Hall–Kier alpha value is -1.66. The van der Waals surface area contributed by atoms with Gasteiger partial charge >= 0.3 is 5.97 Å². The lowest BCUT2D eigenvalue weighted by Crippen LogP contribution is -2.29. The number of rotatable bonds is 4. The van der Waals surface area contributed by atoms with Gasteiger partial charge in [-0.2, -0.15) is 0 Å². The van der Waals surface area contributed by atoms with Gasteiger partial charge in [0, 0.05) is 12.1 Å². The second kappa shape index (κ2) is 5.61. The first-order valence-electron chi connectivity index (χ1n) is 6.41. The van der Waals surface area contributed by atoms with Gasteiger partial charge in [-0.15, -0.1) is 11.3 Å². The molecule has 1 aromatic carbocycles. The van der Waals surface area contributed by atoms with E-state index < -0.39 is 12.0 Å². The molecule has 0 fully saturated rings. The first-order valence-corrected chi connectivity index (χ1v) is 8.08. The molecule has 21 heavy (non-hydrogen) atoms. The Kier molecular flexibility index (Phi) is 3.82. The maximum Gasteiger partial charge on any atom is 0.305 e. The Bertz CT molecular complexity index is 712. The molecule has 2 aromatic rings. The van der Waals surface area contributed by atoms with Gasteiger partial charge in [0.15, 0.2) is 0 Å². The third-order valence-electron chi connectivity index (χ3n) is 3.59. The predicted molar refractivity (Wildman–Crippen MR) is 83.3 cm³/mol. The summed E-state index contributed by atoms with van der Waals surface area (Å²) >= 11 is 5.01. The molecule has 1 aromatic heterocycles. The van der Waals surface area contributed by atoms with Crippen molar-refractivity contribution >= 4 is 39.1 Å². The maximum absolute atomic E-state index is 12.5. The lowest BCUT2D eigenvalue weighted by molar-refractivity contribution is -0.138. The summed E-state index contributed by atoms with van der Waals surface area (Å²) in [5.41, 5.74) is 2.41. The van der Waals surface area contributed by atoms with E-state index in [1.165, 1.54) is 0 Å². The minimum atomic E-state index is -0.904. The molecule has 0 bridgehead atoms. The van der Waals surface area contributed by atoms with Crippen molar-refractivity contribution in [3.8, 4) is 0 Å². The number of carbonyl (C=O) groups is 2. The summed E-state index contributed by atoms with van der Waals surface area (Å²) in [4.78, 5) is 25.3. The molecule has 3 rings (SSSR count). The Morgan fingerprint density at radius 2 is 2.10 bits per heavy atom. The van der Waals surface area contributed by atoms with E-state index >= 15 is 0 Å². The van der Waals surface area contributed by atoms with Crippen molar-refractivity contribution in [1.29, 1.82) is 0 Å². The van der Waals surface area contributed by atoms with Crippen molar-refractivity contribution in [3.05, 3.63) is 56.2 Å². The third kappa shape index (κ3) is 2.61. The molecule has 1 N–H and O–H groups in total. The molecule has 0 spiro atoms. The zero-order valence-electron chi connectivity index (χ0n) is 11.0. The van der Waals surface area contributed by atoms with Crippen molar-refractivity contribution in [2.24, 2.45) is 0 Å². The average molecular weight is 366 g/mol. The number of carbonyl (C=O) groups excluding carboxylic acids is 1. The molecule has 0 aliphatic carbocycles. The van der Waals surface area contributed by atoms with Gasteiger partial charge in [-0.05, 0) is 44.6 Å². The Morgan fingerprint density at radius 1 is 1.33 bits per heavy atom. The van der Waals surface area contributed by atoms with Gasteiger partial charge in [-0.1, -0.05) is 18.2 Å². The van der Waals surface area contributed by atoms with Crippen LogP contribution in [0.3, 0.4) is 0 Å². The van der Waals surface area contributed by atoms with Crippen LogP contribution in [0.25, 0.3) is 0 Å². The normalized spacial score (nSPS) is 17.1. The van der Waals surface area contributed by atoms with Gasteiger partial charge in [0.05, 0.1) is 16.2 Å². The topological polar surface area (TPSA) is 57.6 Å². The van der Waals surface area contributed by atoms with Gasteiger partial charge in [-0.3, -0.25) is 9.59 Å². The van der Waals surface area contributed by atoms with Crippen LogP contribution in [-0.2, 0) is 11.3 Å². The molecule has 1 aliphatic rings. The fraction of sp³-hybridized carbons (Fsp3) is 0.200. The van der Waals surface area contributed by atoms with E-state index in [9.17, 15) is 9.59 Å². The van der Waals surface area contributed by atoms with Gasteiger partial charge in [-0.25, -0.2) is 0 Å². The number of carboxylic acid groups (broad SMARTS) is 1. The van der Waals surface area contributed by atoms with E-state index in [2.05, 4.69) is 15.9 Å². The SMILES string of the molecule is O=C(O)CC1c2ccccc2C(=O)N1Cc1ccsc1Br. The molecule has 4 nitrogen and oxygen atoms in total. The summed E-state index contributed by atoms with van der Waals surface area (Å²) in [5.74, 6) is -1.01. The van der Waals surface area contributed by atoms with Crippen LogP contribution in [0.5, 0.6) is 0 Å². The van der Waals surface area contributed by atoms with E-state index in [4.69, 9.17) is 5.11 Å². The van der Waals surface area contributed by atoms with Crippen LogP contribution < -0.4 is 0 Å². The van der Waals surface area contributed by atoms with Crippen molar-refractivity contribution in [2.75, 3.05) is 0 Å². The standard InChI is InChI=1S/C15H12BrNO3S/c16-14-9(5-6-21-14)8-17-12(7-13(18)19)10-3-1-2-4-11(10)15(17)20/h1-6,12H,7-8H2,(H,18,19). The summed E-state index contributed by atoms with van der Waals surface area (Å²) in [6.07, 6.45) is -0.0789. The van der Waals surface area contributed by atoms with Gasteiger partial charge in [0.2, 0.25) is 0 Å². The second-order valence-corrected chi connectivity index (χ2v) is 7.09. The lowest BCUT2D eigenvalue weighted by atomic mass is 10.0. The quantitative estimate of drug-likeness (QED) is 0.898. The van der Waals surface area contributed by atoms with Gasteiger partial charge in [0.25, 0.3) is 5.91 Å². The number of benzene rings is 1. The number of halogens is 1. The molecule has 1 amide bonds. The summed E-state index contributed by atoms with van der Waals surface area (Å²) in [6, 6.07) is 8.78. The highest BCUT2D eigenvalue weighted by atomic mass is 79.9. The fourth-order valence-corrected chi connectivity index (χ4v) is 3.85. The minimum Gasteiger partial charge on any atom is -0.481 e. The van der Waals surface area contributed by atoms with Crippen molar-refractivity contribution in [3.63, 3.8) is 0 Å². The molecule has 6 heteroatoms. The van der Waals surface area contributed by atoms with Crippen LogP contribution in [0.1, 0.15) is 33.9 Å². The van der Waals surface area contributed by atoms with E-state index in [-0.39, 0.29) is 12.3 Å². The van der Waals surface area contributed by atoms with Gasteiger partial charge < -0.3 is 10.0 Å². The number of hydrogen-bond donors (Lipinski definition) is 1. The van der Waals surface area contributed by atoms with Crippen LogP contribution in [0, 0.1) is 0 Å². The third-order valence-corrected chi connectivity index (χ3v) is 5.40. The molecule has 1 unspecified atom stereocenters. The largest absolute Gasteiger partial charge is 0.481 e. The van der Waals surface area contributed by atoms with Crippen molar-refractivity contribution in [1.82, 2.24) is 4.90 Å². The van der Waals surface area contributed by atoms with Crippen LogP contribution in [0.15, 0.2) is 39.5 Å². The summed E-state index contributed by atoms with van der Waals surface area (Å²) in [6.45, 7) is 0.412. The van der Waals surface area contributed by atoms with Crippen molar-refractivity contribution in [2.45, 2.75) is 19.0 Å². The second-order valence-electron chi connectivity index (χ2n) is 4.85. The average Bonchev–Trinajstić information content (AvgIpc) is 2.96. The van der Waals surface area contributed by atoms with Crippen LogP contribution in [-0.4, -0.2) is 21.9 Å². The number of nitrogens with zero attached hydrogens (tertiary/aromatic N) is 1. The number of aliphatic carboxylic acids is 1. The monoisotopic (exact) mass is 365 g/mol. The first-order chi connectivity index (χ1) is 10.1. The Balaban J connectivity index is 1.97. The van der Waals surface area contributed by atoms with E-state index in [0.29, 0.717) is 12.1 Å². The van der Waals surface area contributed by atoms with Crippen LogP contribution in [0.4, 0.5) is 0 Å². The Labute approximate surface area is 134 Å². The number of amides is 1. The highest BCUT2D eigenvalue weighted by molar-refractivity contribution is 9.11. The van der Waals surface area contributed by atoms with Crippen LogP contribution in [0.2, 0.25) is 0 Å².